The number of ether oxygens (including phenoxy) is 1. The summed E-state index contributed by atoms with van der Waals surface area (Å²) < 4.78 is 5.03. The van der Waals surface area contributed by atoms with Crippen LogP contribution in [-0.2, 0) is 16.0 Å². The van der Waals surface area contributed by atoms with E-state index in [0.717, 1.165) is 18.8 Å². The molecule has 0 N–H and O–H groups in total. The van der Waals surface area contributed by atoms with Crippen molar-refractivity contribution in [3.8, 4) is 0 Å². The number of carbonyl (C=O) groups is 2. The fraction of sp³-hybridized carbons (Fsp3) is 0.533. The van der Waals surface area contributed by atoms with Crippen LogP contribution < -0.4 is 4.90 Å². The second-order valence-corrected chi connectivity index (χ2v) is 6.06. The van der Waals surface area contributed by atoms with Crippen molar-refractivity contribution in [3.63, 3.8) is 0 Å². The van der Waals surface area contributed by atoms with E-state index in [1.165, 1.54) is 5.56 Å². The molecule has 0 aromatic carbocycles. The molecule has 2 fully saturated rings. The fourth-order valence-electron chi connectivity index (χ4n) is 3.45. The number of likely N-dealkylation sites (tertiary alicyclic amines) is 1. The van der Waals surface area contributed by atoms with Crippen LogP contribution in [0.1, 0.15) is 16.1 Å². The van der Waals surface area contributed by atoms with E-state index in [0.29, 0.717) is 25.4 Å². The molecule has 0 bridgehead atoms. The summed E-state index contributed by atoms with van der Waals surface area (Å²) in [5, 5.41) is 0. The first-order chi connectivity index (χ1) is 10.1. The highest BCUT2D eigenvalue weighted by Crippen LogP contribution is 2.31. The molecule has 2 atom stereocenters. The van der Waals surface area contributed by atoms with Gasteiger partial charge in [-0.05, 0) is 18.1 Å². The van der Waals surface area contributed by atoms with Crippen molar-refractivity contribution >= 4 is 30.1 Å². The van der Waals surface area contributed by atoms with E-state index in [-0.39, 0.29) is 36.1 Å². The van der Waals surface area contributed by atoms with Crippen LogP contribution in [0.5, 0.6) is 0 Å². The minimum absolute atomic E-state index is 0. The number of esters is 1. The van der Waals surface area contributed by atoms with E-state index >= 15 is 0 Å². The summed E-state index contributed by atoms with van der Waals surface area (Å²) in [7, 11) is 1.99. The zero-order chi connectivity index (χ0) is 14.6. The number of halogens is 1. The van der Waals surface area contributed by atoms with Crippen LogP contribution in [0.3, 0.4) is 0 Å². The Morgan fingerprint density at radius 2 is 2.18 bits per heavy atom. The summed E-state index contributed by atoms with van der Waals surface area (Å²) in [6.07, 6.45) is 0.979. The molecule has 0 radical (unpaired) electrons. The molecular formula is C15H18ClN3O3. The smallest absolute Gasteiger partial charge is 0.311 e. The first-order valence-corrected chi connectivity index (χ1v) is 7.30. The minimum atomic E-state index is -0.169. The Kier molecular flexibility index (Phi) is 3.72. The second-order valence-electron chi connectivity index (χ2n) is 6.06. The summed E-state index contributed by atoms with van der Waals surface area (Å²) in [5.74, 6) is 0.654. The van der Waals surface area contributed by atoms with Crippen molar-refractivity contribution in [3.05, 3.63) is 23.4 Å². The number of anilines is 1. The summed E-state index contributed by atoms with van der Waals surface area (Å²) in [4.78, 5) is 32.5. The third-order valence-corrected chi connectivity index (χ3v) is 4.72. The van der Waals surface area contributed by atoms with Gasteiger partial charge in [0.25, 0.3) is 5.91 Å². The SMILES string of the molecule is CN1CCc2ccc(C(=O)N3C[C@@H]4COC(=O)[C@@H]4C3)nc21.Cl. The van der Waals surface area contributed by atoms with Crippen LogP contribution in [0.2, 0.25) is 0 Å². The van der Waals surface area contributed by atoms with Crippen molar-refractivity contribution in [1.29, 1.82) is 0 Å². The van der Waals surface area contributed by atoms with Gasteiger partial charge >= 0.3 is 5.97 Å². The first-order valence-electron chi connectivity index (χ1n) is 7.30. The molecule has 1 amide bonds. The van der Waals surface area contributed by atoms with Gasteiger partial charge in [0.2, 0.25) is 0 Å². The van der Waals surface area contributed by atoms with Crippen molar-refractivity contribution < 1.29 is 14.3 Å². The molecule has 0 unspecified atom stereocenters. The molecule has 0 aliphatic carbocycles. The van der Waals surface area contributed by atoms with Gasteiger partial charge in [-0.2, -0.15) is 0 Å². The summed E-state index contributed by atoms with van der Waals surface area (Å²) in [6, 6.07) is 3.79. The minimum Gasteiger partial charge on any atom is -0.465 e. The van der Waals surface area contributed by atoms with E-state index < -0.39 is 0 Å². The lowest BCUT2D eigenvalue weighted by atomic mass is 10.0. The highest BCUT2D eigenvalue weighted by molar-refractivity contribution is 5.94. The number of likely N-dealkylation sites (N-methyl/N-ethyl adjacent to an activating group) is 1. The number of hydrogen-bond acceptors (Lipinski definition) is 5. The molecule has 6 nitrogen and oxygen atoms in total. The number of carbonyl (C=O) groups excluding carboxylic acids is 2. The van der Waals surface area contributed by atoms with Crippen LogP contribution in [0.15, 0.2) is 12.1 Å². The lowest BCUT2D eigenvalue weighted by Gasteiger charge is -2.18. The molecule has 2 saturated heterocycles. The van der Waals surface area contributed by atoms with Crippen LogP contribution in [-0.4, -0.2) is 55.0 Å². The number of amides is 1. The number of rotatable bonds is 1. The average molecular weight is 324 g/mol. The van der Waals surface area contributed by atoms with Crippen LogP contribution in [0.25, 0.3) is 0 Å². The number of pyridine rings is 1. The van der Waals surface area contributed by atoms with Gasteiger partial charge in [-0.25, -0.2) is 4.98 Å². The van der Waals surface area contributed by atoms with Gasteiger partial charge in [0.15, 0.2) is 0 Å². The maximum Gasteiger partial charge on any atom is 0.311 e. The Labute approximate surface area is 134 Å². The lowest BCUT2D eigenvalue weighted by Crippen LogP contribution is -2.31. The van der Waals surface area contributed by atoms with Gasteiger partial charge in [-0.1, -0.05) is 6.07 Å². The highest BCUT2D eigenvalue weighted by atomic mass is 35.5. The number of cyclic esters (lactones) is 1. The van der Waals surface area contributed by atoms with E-state index in [1.807, 2.05) is 13.1 Å². The zero-order valence-corrected chi connectivity index (χ0v) is 13.1. The quantitative estimate of drug-likeness (QED) is 0.713. The van der Waals surface area contributed by atoms with Gasteiger partial charge in [-0.3, -0.25) is 9.59 Å². The molecule has 22 heavy (non-hydrogen) atoms. The summed E-state index contributed by atoms with van der Waals surface area (Å²) in [5.41, 5.74) is 1.66. The molecular weight excluding hydrogens is 306 g/mol. The molecule has 1 aromatic rings. The van der Waals surface area contributed by atoms with E-state index in [9.17, 15) is 9.59 Å². The van der Waals surface area contributed by atoms with E-state index in [2.05, 4.69) is 9.88 Å². The van der Waals surface area contributed by atoms with Gasteiger partial charge < -0.3 is 14.5 Å². The fourth-order valence-corrected chi connectivity index (χ4v) is 3.45. The van der Waals surface area contributed by atoms with Crippen LogP contribution in [0.4, 0.5) is 5.82 Å². The first kappa shape index (κ1) is 15.1. The highest BCUT2D eigenvalue weighted by Gasteiger charge is 2.45. The monoisotopic (exact) mass is 323 g/mol. The Morgan fingerprint density at radius 1 is 1.36 bits per heavy atom. The summed E-state index contributed by atoms with van der Waals surface area (Å²) >= 11 is 0. The Hall–Kier alpha value is -1.82. The maximum atomic E-state index is 12.6. The van der Waals surface area contributed by atoms with Gasteiger partial charge in [0.05, 0.1) is 12.5 Å². The lowest BCUT2D eigenvalue weighted by molar-refractivity contribution is -0.141. The predicted octanol–water partition coefficient (Wildman–Crippen LogP) is 0.741. The van der Waals surface area contributed by atoms with Crippen LogP contribution in [0, 0.1) is 11.8 Å². The molecule has 3 aliphatic heterocycles. The number of fused-ring (bicyclic) bond motifs is 2. The second kappa shape index (κ2) is 5.43. The molecule has 4 heterocycles. The zero-order valence-electron chi connectivity index (χ0n) is 12.3. The number of hydrogen-bond donors (Lipinski definition) is 0. The Balaban J connectivity index is 0.00000144. The number of aromatic nitrogens is 1. The standard InChI is InChI=1S/C15H17N3O3.ClH/c1-17-5-4-9-2-3-12(16-13(9)17)14(19)18-6-10-8-21-15(20)11(10)7-18;/h2-3,10-11H,4-8H2,1H3;1H/t10-,11-;/m1./s1. The molecule has 7 heteroatoms. The Morgan fingerprint density at radius 3 is 2.95 bits per heavy atom. The number of nitrogens with zero attached hydrogens (tertiary/aromatic N) is 3. The molecule has 118 valence electrons. The van der Waals surface area contributed by atoms with Gasteiger partial charge in [0, 0.05) is 32.6 Å². The van der Waals surface area contributed by atoms with Crippen molar-refractivity contribution in [1.82, 2.24) is 9.88 Å². The van der Waals surface area contributed by atoms with E-state index in [1.54, 1.807) is 11.0 Å². The average Bonchev–Trinajstić information content (AvgIpc) is 3.16. The van der Waals surface area contributed by atoms with Gasteiger partial charge in [-0.15, -0.1) is 12.4 Å². The van der Waals surface area contributed by atoms with Crippen molar-refractivity contribution in [2.75, 3.05) is 38.2 Å². The maximum absolute atomic E-state index is 12.6. The molecule has 4 rings (SSSR count). The Bertz CT molecular complexity index is 636. The van der Waals surface area contributed by atoms with Crippen molar-refractivity contribution in [2.45, 2.75) is 6.42 Å². The van der Waals surface area contributed by atoms with Crippen LogP contribution >= 0.6 is 12.4 Å². The normalized spacial score (nSPS) is 25.6. The topological polar surface area (TPSA) is 62.7 Å². The molecule has 0 saturated carbocycles. The van der Waals surface area contributed by atoms with E-state index in [4.69, 9.17) is 4.74 Å². The third kappa shape index (κ3) is 2.22. The third-order valence-electron chi connectivity index (χ3n) is 4.72. The van der Waals surface area contributed by atoms with Gasteiger partial charge in [0.1, 0.15) is 11.5 Å². The molecule has 3 aliphatic rings. The van der Waals surface area contributed by atoms with Crippen molar-refractivity contribution in [2.24, 2.45) is 11.8 Å². The largest absolute Gasteiger partial charge is 0.465 e. The molecule has 0 spiro atoms. The molecule has 1 aromatic heterocycles. The predicted molar refractivity (Wildman–Crippen MR) is 82.3 cm³/mol. The summed E-state index contributed by atoms with van der Waals surface area (Å²) in [6.45, 7) is 2.42.